The third kappa shape index (κ3) is 4.56. The van der Waals surface area contributed by atoms with E-state index in [1.165, 1.54) is 0 Å². The van der Waals surface area contributed by atoms with Crippen LogP contribution < -0.4 is 0 Å². The minimum absolute atomic E-state index is 0.458. The summed E-state index contributed by atoms with van der Waals surface area (Å²) in [5.41, 5.74) is 3.80. The summed E-state index contributed by atoms with van der Waals surface area (Å²) in [7, 11) is 0. The minimum Gasteiger partial charge on any atom is -0.452 e. The van der Waals surface area contributed by atoms with Crippen LogP contribution >= 0.6 is 0 Å². The van der Waals surface area contributed by atoms with Gasteiger partial charge in [-0.05, 0) is 35.9 Å². The number of aromatic nitrogens is 1. The number of nitrogens with zero attached hydrogens (tertiary/aromatic N) is 3. The summed E-state index contributed by atoms with van der Waals surface area (Å²) in [5.74, 6) is 0.541. The molecule has 4 nitrogen and oxygen atoms in total. The van der Waals surface area contributed by atoms with Gasteiger partial charge in [0, 0.05) is 24.0 Å². The summed E-state index contributed by atoms with van der Waals surface area (Å²) in [6, 6.07) is 5.73. The topological polar surface area (TPSA) is 62.2 Å². The van der Waals surface area contributed by atoms with Gasteiger partial charge in [0.25, 0.3) is 0 Å². The second-order valence-corrected chi connectivity index (χ2v) is 5.25. The molecule has 0 aliphatic rings. The molecule has 0 radical (unpaired) electrons. The van der Waals surface area contributed by atoms with Gasteiger partial charge in [-0.15, -0.1) is 0 Å². The molecule has 0 bridgehead atoms. The van der Waals surface area contributed by atoms with E-state index < -0.39 is 0 Å². The van der Waals surface area contributed by atoms with E-state index in [9.17, 15) is 5.26 Å². The summed E-state index contributed by atoms with van der Waals surface area (Å²) in [5, 5.41) is 9.25. The van der Waals surface area contributed by atoms with Crippen molar-refractivity contribution in [2.45, 2.75) is 0 Å². The van der Waals surface area contributed by atoms with Gasteiger partial charge >= 0.3 is 0 Å². The molecule has 2 aromatic heterocycles. The Morgan fingerprint density at radius 2 is 2.00 bits per heavy atom. The van der Waals surface area contributed by atoms with Crippen molar-refractivity contribution in [3.05, 3.63) is 110 Å². The molecule has 0 amide bonds. The van der Waals surface area contributed by atoms with Crippen LogP contribution in [0.2, 0.25) is 0 Å². The largest absolute Gasteiger partial charge is 0.452 e. The van der Waals surface area contributed by atoms with Gasteiger partial charge in [-0.25, -0.2) is 0 Å². The van der Waals surface area contributed by atoms with E-state index >= 15 is 0 Å². The fourth-order valence-electron chi connectivity index (χ4n) is 2.35. The summed E-state index contributed by atoms with van der Waals surface area (Å²) < 4.78 is 6.01. The second kappa shape index (κ2) is 9.50. The zero-order valence-corrected chi connectivity index (χ0v) is 14.9. The van der Waals surface area contributed by atoms with Gasteiger partial charge in [0.15, 0.2) is 11.3 Å². The first-order chi connectivity index (χ1) is 13.2. The lowest BCUT2D eigenvalue weighted by Crippen LogP contribution is -1.92. The van der Waals surface area contributed by atoms with Gasteiger partial charge in [-0.1, -0.05) is 44.5 Å². The van der Waals surface area contributed by atoms with Crippen LogP contribution in [-0.2, 0) is 0 Å². The second-order valence-electron chi connectivity index (χ2n) is 5.25. The van der Waals surface area contributed by atoms with Crippen LogP contribution in [0.3, 0.4) is 0 Å². The molecule has 2 heterocycles. The van der Waals surface area contributed by atoms with E-state index in [2.05, 4.69) is 42.4 Å². The van der Waals surface area contributed by atoms with E-state index in [1.54, 1.807) is 61.0 Å². The maximum absolute atomic E-state index is 9.25. The normalized spacial score (nSPS) is 12.8. The number of allylic oxidation sites excluding steroid dienone is 9. The third-order valence-electron chi connectivity index (χ3n) is 3.56. The van der Waals surface area contributed by atoms with Crippen LogP contribution in [-0.4, -0.2) is 10.7 Å². The molecule has 0 spiro atoms. The lowest BCUT2D eigenvalue weighted by molar-refractivity contribution is 0.604. The fourth-order valence-corrected chi connectivity index (χ4v) is 2.35. The quantitative estimate of drug-likeness (QED) is 0.347. The Hall–Kier alpha value is -3.97. The highest BCUT2D eigenvalue weighted by Gasteiger charge is 2.13. The fraction of sp³-hybridized carbons (Fsp3) is 0. The molecule has 2 aromatic rings. The molecule has 4 heteroatoms. The molecule has 0 aliphatic heterocycles. The van der Waals surface area contributed by atoms with Crippen molar-refractivity contribution >= 4 is 22.4 Å². The molecule has 0 atom stereocenters. The highest BCUT2D eigenvalue weighted by Crippen LogP contribution is 2.28. The van der Waals surface area contributed by atoms with Crippen LogP contribution in [0.25, 0.3) is 16.7 Å². The number of rotatable bonds is 8. The van der Waals surface area contributed by atoms with Crippen molar-refractivity contribution in [2.75, 3.05) is 0 Å². The number of pyridine rings is 1. The van der Waals surface area contributed by atoms with Gasteiger partial charge in [0.1, 0.15) is 11.2 Å². The van der Waals surface area contributed by atoms with E-state index in [0.717, 1.165) is 11.1 Å². The maximum atomic E-state index is 9.25. The summed E-state index contributed by atoms with van der Waals surface area (Å²) >= 11 is 0. The predicted octanol–water partition coefficient (Wildman–Crippen LogP) is 5.71. The van der Waals surface area contributed by atoms with Crippen molar-refractivity contribution in [1.82, 2.24) is 4.98 Å². The van der Waals surface area contributed by atoms with Gasteiger partial charge in [-0.2, -0.15) is 5.26 Å². The van der Waals surface area contributed by atoms with E-state index in [4.69, 9.17) is 4.42 Å². The SMILES string of the molecule is C=C/C=C\N=C(C=C)c1cc2nccc(/C(C=C)=C/C(C#N)=C\C=C)c2o1. The molecule has 0 unspecified atom stereocenters. The first-order valence-corrected chi connectivity index (χ1v) is 8.12. The van der Waals surface area contributed by atoms with Crippen molar-refractivity contribution in [3.63, 3.8) is 0 Å². The molecule has 0 saturated heterocycles. The third-order valence-corrected chi connectivity index (χ3v) is 3.56. The van der Waals surface area contributed by atoms with Crippen LogP contribution in [0, 0.1) is 11.3 Å². The van der Waals surface area contributed by atoms with Gasteiger partial charge in [0.2, 0.25) is 0 Å². The van der Waals surface area contributed by atoms with E-state index in [0.29, 0.717) is 28.1 Å². The Bertz CT molecular complexity index is 1050. The molecular weight excluding hydrogens is 334 g/mol. The number of fused-ring (bicyclic) bond motifs is 1. The van der Waals surface area contributed by atoms with Crippen LogP contribution in [0.15, 0.2) is 108 Å². The molecule has 0 N–H and O–H groups in total. The molecule has 2 rings (SSSR count). The Morgan fingerprint density at radius 1 is 1.19 bits per heavy atom. The Balaban J connectivity index is 2.63. The number of nitriles is 1. The number of furan rings is 1. The van der Waals surface area contributed by atoms with Crippen molar-refractivity contribution in [1.29, 1.82) is 5.26 Å². The highest BCUT2D eigenvalue weighted by atomic mass is 16.3. The standard InChI is InChI=1S/C23H19N3O/c1-5-9-12-25-20(8-4)22-15-21-23(27-22)19(11-13-26-21)18(7-3)14-17(16-24)10-6-2/h5-15H,1-4H2/b12-9-,17-10+,18-14+,25-20?. The summed E-state index contributed by atoms with van der Waals surface area (Å²) in [6.45, 7) is 14.9. The molecule has 0 aliphatic carbocycles. The van der Waals surface area contributed by atoms with Crippen LogP contribution in [0.4, 0.5) is 0 Å². The minimum atomic E-state index is 0.458. The molecule has 132 valence electrons. The first kappa shape index (κ1) is 19.4. The molecule has 0 fully saturated rings. The number of hydrogen-bond acceptors (Lipinski definition) is 4. The number of aliphatic imine (C=N–C) groups is 1. The molecule has 27 heavy (non-hydrogen) atoms. The lowest BCUT2D eigenvalue weighted by atomic mass is 10.0. The highest BCUT2D eigenvalue weighted by molar-refractivity contribution is 6.09. The lowest BCUT2D eigenvalue weighted by Gasteiger charge is -2.03. The Kier molecular flexibility index (Phi) is 6.81. The zero-order chi connectivity index (χ0) is 19.6. The van der Waals surface area contributed by atoms with E-state index in [1.807, 2.05) is 6.07 Å². The number of hydrogen-bond donors (Lipinski definition) is 0. The van der Waals surface area contributed by atoms with Gasteiger partial charge < -0.3 is 4.42 Å². The zero-order valence-electron chi connectivity index (χ0n) is 14.9. The molecule has 0 aromatic carbocycles. The van der Waals surface area contributed by atoms with E-state index in [-0.39, 0.29) is 0 Å². The first-order valence-electron chi connectivity index (χ1n) is 8.12. The maximum Gasteiger partial charge on any atom is 0.161 e. The summed E-state index contributed by atoms with van der Waals surface area (Å²) in [4.78, 5) is 8.66. The predicted molar refractivity (Wildman–Crippen MR) is 112 cm³/mol. The summed E-state index contributed by atoms with van der Waals surface area (Å²) in [6.07, 6.45) is 14.8. The average Bonchev–Trinajstić information content (AvgIpc) is 3.12. The Morgan fingerprint density at radius 3 is 2.63 bits per heavy atom. The van der Waals surface area contributed by atoms with Crippen LogP contribution in [0.1, 0.15) is 11.3 Å². The van der Waals surface area contributed by atoms with Crippen molar-refractivity contribution in [3.8, 4) is 6.07 Å². The van der Waals surface area contributed by atoms with Gasteiger partial charge in [-0.3, -0.25) is 9.98 Å². The average molecular weight is 353 g/mol. The van der Waals surface area contributed by atoms with Gasteiger partial charge in [0.05, 0.1) is 11.6 Å². The Labute approximate surface area is 158 Å². The van der Waals surface area contributed by atoms with Crippen molar-refractivity contribution in [2.24, 2.45) is 4.99 Å². The smallest absolute Gasteiger partial charge is 0.161 e. The molecule has 0 saturated carbocycles. The van der Waals surface area contributed by atoms with Crippen molar-refractivity contribution < 1.29 is 4.42 Å². The monoisotopic (exact) mass is 353 g/mol. The van der Waals surface area contributed by atoms with Crippen LogP contribution in [0.5, 0.6) is 0 Å². The molecular formula is C23H19N3O.